The fraction of sp³-hybridized carbons (Fsp3) is 0.406. The number of fused-ring (bicyclic) bond motifs is 1. The first-order valence-corrected chi connectivity index (χ1v) is 14.0. The molecule has 1 atom stereocenters. The molecule has 0 fully saturated rings. The second-order valence-electron chi connectivity index (χ2n) is 9.92. The summed E-state index contributed by atoms with van der Waals surface area (Å²) in [7, 11) is 2.02. The Labute approximate surface area is 236 Å². The number of rotatable bonds is 16. The van der Waals surface area contributed by atoms with Crippen molar-refractivity contribution >= 4 is 35.3 Å². The molecular weight excluding hydrogens is 504 g/mol. The number of carbonyl (C=O) groups excluding carboxylic acids is 2. The van der Waals surface area contributed by atoms with Crippen LogP contribution in [0.4, 0.5) is 0 Å². The average molecular weight is 545 g/mol. The number of aryl methyl sites for hydroxylation is 1. The van der Waals surface area contributed by atoms with Gasteiger partial charge in [-0.1, -0.05) is 42.5 Å². The van der Waals surface area contributed by atoms with E-state index in [1.165, 1.54) is 0 Å². The number of nitrogens with zero attached hydrogens (tertiary/aromatic N) is 4. The van der Waals surface area contributed by atoms with E-state index < -0.39 is 5.97 Å². The molecule has 0 radical (unpaired) electrons. The molecule has 1 aliphatic carbocycles. The van der Waals surface area contributed by atoms with E-state index in [-0.39, 0.29) is 24.9 Å². The lowest BCUT2D eigenvalue weighted by Crippen LogP contribution is -2.41. The largest absolute Gasteiger partial charge is 0.481 e. The Morgan fingerprint density at radius 2 is 1.90 bits per heavy atom. The summed E-state index contributed by atoms with van der Waals surface area (Å²) in [6.45, 7) is 3.08. The van der Waals surface area contributed by atoms with Crippen molar-refractivity contribution < 1.29 is 19.5 Å². The third-order valence-electron chi connectivity index (χ3n) is 6.91. The molecule has 1 heterocycles. The number of aldehydes is 1. The van der Waals surface area contributed by atoms with Gasteiger partial charge in [0, 0.05) is 31.1 Å². The summed E-state index contributed by atoms with van der Waals surface area (Å²) in [6, 6.07) is 5.54. The minimum Gasteiger partial charge on any atom is -0.481 e. The standard InChI is InChI=1S/C32H40N4O4/c1-3-4-5-6-10-15-27-28(16-11-12-17-31(38)39)34-30-24-25(18-19-29(30)33-27)32(40)36(22-23-37)21-20-35(2)26-13-8-7-9-14-26/h3-4,7-10,13,15,18-19,23-24,26H,5-6,11-12,14,16-17,20-22H2,1-2H3,(H,38,39)/b4-3-,15-10+. The fourth-order valence-corrected chi connectivity index (χ4v) is 4.56. The summed E-state index contributed by atoms with van der Waals surface area (Å²) in [6.07, 6.45) is 21.9. The topological polar surface area (TPSA) is 104 Å². The third-order valence-corrected chi connectivity index (χ3v) is 6.91. The zero-order chi connectivity index (χ0) is 28.7. The summed E-state index contributed by atoms with van der Waals surface area (Å²) in [5.74, 6) is -1.03. The van der Waals surface area contributed by atoms with Crippen LogP contribution in [0.2, 0.25) is 0 Å². The average Bonchev–Trinajstić information content (AvgIpc) is 2.96. The van der Waals surface area contributed by atoms with Gasteiger partial charge in [-0.15, -0.1) is 0 Å². The molecule has 3 rings (SSSR count). The smallest absolute Gasteiger partial charge is 0.303 e. The molecule has 0 aliphatic heterocycles. The van der Waals surface area contributed by atoms with Crippen LogP contribution in [0, 0.1) is 0 Å². The molecule has 0 saturated heterocycles. The van der Waals surface area contributed by atoms with Crippen LogP contribution in [0.25, 0.3) is 17.1 Å². The van der Waals surface area contributed by atoms with Crippen molar-refractivity contribution in [1.29, 1.82) is 0 Å². The lowest BCUT2D eigenvalue weighted by Gasteiger charge is -2.29. The van der Waals surface area contributed by atoms with Crippen LogP contribution in [0.1, 0.15) is 67.2 Å². The van der Waals surface area contributed by atoms with E-state index in [1.54, 1.807) is 23.1 Å². The zero-order valence-corrected chi connectivity index (χ0v) is 23.5. The summed E-state index contributed by atoms with van der Waals surface area (Å²) in [5.41, 5.74) is 3.29. The molecular formula is C32H40N4O4. The minimum absolute atomic E-state index is 0.0164. The van der Waals surface area contributed by atoms with Crippen molar-refractivity contribution in [1.82, 2.24) is 19.8 Å². The van der Waals surface area contributed by atoms with E-state index in [4.69, 9.17) is 15.1 Å². The van der Waals surface area contributed by atoms with Gasteiger partial charge in [-0.25, -0.2) is 9.97 Å². The number of benzene rings is 1. The fourth-order valence-electron chi connectivity index (χ4n) is 4.56. The minimum atomic E-state index is -0.810. The first kappa shape index (κ1) is 30.6. The van der Waals surface area contributed by atoms with Gasteiger partial charge in [0.15, 0.2) is 0 Å². The van der Waals surface area contributed by atoms with Gasteiger partial charge in [0.1, 0.15) is 6.29 Å². The number of carboxylic acids is 1. The van der Waals surface area contributed by atoms with Crippen molar-refractivity contribution in [3.8, 4) is 0 Å². The van der Waals surface area contributed by atoms with Crippen LogP contribution >= 0.6 is 0 Å². The highest BCUT2D eigenvalue weighted by molar-refractivity contribution is 5.98. The maximum absolute atomic E-state index is 13.4. The quantitative estimate of drug-likeness (QED) is 0.175. The Morgan fingerprint density at radius 3 is 2.62 bits per heavy atom. The second kappa shape index (κ2) is 16.3. The predicted octanol–water partition coefficient (Wildman–Crippen LogP) is 5.25. The predicted molar refractivity (Wildman–Crippen MR) is 159 cm³/mol. The van der Waals surface area contributed by atoms with Gasteiger partial charge in [-0.05, 0) is 76.8 Å². The monoisotopic (exact) mass is 544 g/mol. The van der Waals surface area contributed by atoms with Crippen molar-refractivity contribution in [2.45, 2.75) is 57.9 Å². The molecule has 1 N–H and O–H groups in total. The number of carbonyl (C=O) groups is 3. The SMILES string of the molecule is C/C=C\CC/C=C/c1nc2ccc(C(=O)N(CC=O)CCN(C)C3C=CC=CC3)cc2nc1CCCCC(=O)O. The van der Waals surface area contributed by atoms with Crippen LogP contribution in [0.5, 0.6) is 0 Å². The number of amides is 1. The first-order chi connectivity index (χ1) is 19.4. The van der Waals surface area contributed by atoms with Crippen LogP contribution in [-0.2, 0) is 16.0 Å². The van der Waals surface area contributed by atoms with Crippen LogP contribution in [-0.4, -0.2) is 75.8 Å². The molecule has 0 spiro atoms. The maximum atomic E-state index is 13.4. The van der Waals surface area contributed by atoms with Crippen LogP contribution < -0.4 is 0 Å². The molecule has 1 aliphatic rings. The molecule has 1 aromatic heterocycles. The Morgan fingerprint density at radius 1 is 1.07 bits per heavy atom. The van der Waals surface area contributed by atoms with Crippen LogP contribution in [0.15, 0.2) is 60.7 Å². The molecule has 40 heavy (non-hydrogen) atoms. The molecule has 0 bridgehead atoms. The number of aliphatic carboxylic acids is 1. The van der Waals surface area contributed by atoms with E-state index >= 15 is 0 Å². The van der Waals surface area contributed by atoms with E-state index in [0.29, 0.717) is 48.9 Å². The number of carboxylic acid groups (broad SMARTS) is 1. The Balaban J connectivity index is 1.80. The van der Waals surface area contributed by atoms with Gasteiger partial charge >= 0.3 is 5.97 Å². The second-order valence-corrected chi connectivity index (χ2v) is 9.92. The highest BCUT2D eigenvalue weighted by atomic mass is 16.4. The number of unbranched alkanes of at least 4 members (excludes halogenated alkanes) is 2. The Kier molecular flexibility index (Phi) is 12.4. The van der Waals surface area contributed by atoms with Gasteiger partial charge in [-0.2, -0.15) is 0 Å². The summed E-state index contributed by atoms with van der Waals surface area (Å²) < 4.78 is 0. The zero-order valence-electron chi connectivity index (χ0n) is 23.5. The highest BCUT2D eigenvalue weighted by Crippen LogP contribution is 2.20. The molecule has 8 heteroatoms. The number of hydrogen-bond acceptors (Lipinski definition) is 6. The summed E-state index contributed by atoms with van der Waals surface area (Å²) in [5, 5.41) is 8.98. The van der Waals surface area contributed by atoms with Gasteiger partial charge in [0.2, 0.25) is 0 Å². The van der Waals surface area contributed by atoms with Gasteiger partial charge in [-0.3, -0.25) is 14.5 Å². The molecule has 8 nitrogen and oxygen atoms in total. The summed E-state index contributed by atoms with van der Waals surface area (Å²) >= 11 is 0. The van der Waals surface area contributed by atoms with Gasteiger partial charge in [0.05, 0.1) is 29.0 Å². The van der Waals surface area contributed by atoms with Crippen molar-refractivity contribution in [2.75, 3.05) is 26.7 Å². The number of allylic oxidation sites excluding steroid dienone is 5. The normalized spacial score (nSPS) is 15.0. The van der Waals surface area contributed by atoms with E-state index in [2.05, 4.69) is 29.2 Å². The number of likely N-dealkylation sites (N-methyl/N-ethyl adjacent to an activating group) is 1. The Bertz CT molecular complexity index is 1280. The third kappa shape index (κ3) is 9.38. The van der Waals surface area contributed by atoms with Crippen LogP contribution in [0.3, 0.4) is 0 Å². The van der Waals surface area contributed by atoms with Gasteiger partial charge in [0.25, 0.3) is 5.91 Å². The van der Waals surface area contributed by atoms with E-state index in [1.807, 2.05) is 38.3 Å². The van der Waals surface area contributed by atoms with Crippen molar-refractivity contribution in [3.05, 3.63) is 77.7 Å². The molecule has 1 unspecified atom stereocenters. The number of hydrogen-bond donors (Lipinski definition) is 1. The molecule has 2 aromatic rings. The lowest BCUT2D eigenvalue weighted by atomic mass is 10.1. The molecule has 212 valence electrons. The lowest BCUT2D eigenvalue weighted by molar-refractivity contribution is -0.137. The molecule has 0 saturated carbocycles. The Hall–Kier alpha value is -3.91. The van der Waals surface area contributed by atoms with Gasteiger partial charge < -0.3 is 14.8 Å². The first-order valence-electron chi connectivity index (χ1n) is 14.0. The molecule has 1 amide bonds. The number of aromatic nitrogens is 2. The van der Waals surface area contributed by atoms with Crippen molar-refractivity contribution in [2.24, 2.45) is 0 Å². The maximum Gasteiger partial charge on any atom is 0.303 e. The van der Waals surface area contributed by atoms with E-state index in [0.717, 1.165) is 36.9 Å². The molecule has 1 aromatic carbocycles. The summed E-state index contributed by atoms with van der Waals surface area (Å²) in [4.78, 5) is 49.2. The van der Waals surface area contributed by atoms with Crippen molar-refractivity contribution in [3.63, 3.8) is 0 Å². The van der Waals surface area contributed by atoms with E-state index in [9.17, 15) is 14.4 Å². The highest BCUT2D eigenvalue weighted by Gasteiger charge is 2.19.